The summed E-state index contributed by atoms with van der Waals surface area (Å²) in [5, 5.41) is 18.8. The maximum Gasteiger partial charge on any atom is 0.433 e. The van der Waals surface area contributed by atoms with Gasteiger partial charge >= 0.3 is 12.1 Å². The number of carbonyl (C=O) groups is 2. The molecule has 0 unspecified atom stereocenters. The molecule has 1 aromatic carbocycles. The van der Waals surface area contributed by atoms with Crippen molar-refractivity contribution in [3.63, 3.8) is 0 Å². The molecule has 3 aromatic rings. The van der Waals surface area contributed by atoms with Crippen LogP contribution in [0.4, 0.5) is 18.9 Å². The van der Waals surface area contributed by atoms with E-state index in [2.05, 4.69) is 20.5 Å². The highest BCUT2D eigenvalue weighted by atomic mass is 19.4. The van der Waals surface area contributed by atoms with Gasteiger partial charge < -0.3 is 10.4 Å². The Labute approximate surface area is 143 Å². The van der Waals surface area contributed by atoms with Gasteiger partial charge in [-0.2, -0.15) is 18.3 Å². The number of pyridine rings is 1. The van der Waals surface area contributed by atoms with Crippen molar-refractivity contribution in [2.75, 3.05) is 5.32 Å². The van der Waals surface area contributed by atoms with Gasteiger partial charge in [-0.1, -0.05) is 6.07 Å². The number of halogens is 3. The molecule has 2 heterocycles. The van der Waals surface area contributed by atoms with Gasteiger partial charge in [-0.25, -0.2) is 9.78 Å². The lowest BCUT2D eigenvalue weighted by Gasteiger charge is -2.10. The molecule has 0 spiro atoms. The fourth-order valence-electron chi connectivity index (χ4n) is 2.37. The number of nitrogens with one attached hydrogen (secondary N) is 2. The number of rotatable bonds is 3. The summed E-state index contributed by atoms with van der Waals surface area (Å²) in [7, 11) is 0. The van der Waals surface area contributed by atoms with Gasteiger partial charge in [0.1, 0.15) is 11.4 Å². The van der Waals surface area contributed by atoms with Gasteiger partial charge in [0.15, 0.2) is 0 Å². The molecule has 26 heavy (non-hydrogen) atoms. The lowest BCUT2D eigenvalue weighted by Crippen LogP contribution is -2.18. The SMILES string of the molecule is Cc1[nH]nc2cc(C(=O)O)c(NC(=O)c3cccc(C(F)(F)F)n3)cc12. The topological polar surface area (TPSA) is 108 Å². The number of anilines is 1. The molecule has 0 aliphatic heterocycles. The van der Waals surface area contributed by atoms with E-state index in [0.717, 1.165) is 18.2 Å². The molecule has 0 atom stereocenters. The first-order chi connectivity index (χ1) is 12.2. The van der Waals surface area contributed by atoms with E-state index in [4.69, 9.17) is 0 Å². The lowest BCUT2D eigenvalue weighted by molar-refractivity contribution is -0.141. The molecule has 10 heteroatoms. The first-order valence-corrected chi connectivity index (χ1v) is 7.24. The zero-order valence-electron chi connectivity index (χ0n) is 13.2. The minimum absolute atomic E-state index is 0.0706. The molecule has 0 fully saturated rings. The van der Waals surface area contributed by atoms with Crippen LogP contribution in [0.25, 0.3) is 10.9 Å². The van der Waals surface area contributed by atoms with E-state index in [9.17, 15) is 27.9 Å². The first kappa shape index (κ1) is 17.4. The number of hydrogen-bond acceptors (Lipinski definition) is 4. The molecule has 7 nitrogen and oxygen atoms in total. The Morgan fingerprint density at radius 1 is 1.23 bits per heavy atom. The van der Waals surface area contributed by atoms with E-state index in [1.165, 1.54) is 12.1 Å². The lowest BCUT2D eigenvalue weighted by atomic mass is 10.1. The van der Waals surface area contributed by atoms with Gasteiger partial charge in [-0.15, -0.1) is 0 Å². The second kappa shape index (κ2) is 6.14. The molecule has 0 bridgehead atoms. The summed E-state index contributed by atoms with van der Waals surface area (Å²) in [5.41, 5.74) is -0.993. The standard InChI is InChI=1S/C16H11F3N4O3/c1-7-8-5-11(9(15(25)26)6-12(8)23-22-7)21-14(24)10-3-2-4-13(20-10)16(17,18)19/h2-6H,1H3,(H,21,24)(H,22,23)(H,25,26). The Hall–Kier alpha value is -3.43. The van der Waals surface area contributed by atoms with Crippen LogP contribution in [-0.2, 0) is 6.18 Å². The quantitative estimate of drug-likeness (QED) is 0.661. The van der Waals surface area contributed by atoms with Gasteiger partial charge in [-0.3, -0.25) is 9.89 Å². The van der Waals surface area contributed by atoms with Gasteiger partial charge in [-0.05, 0) is 31.2 Å². The van der Waals surface area contributed by atoms with Gasteiger partial charge in [0.05, 0.1) is 16.8 Å². The van der Waals surface area contributed by atoms with Crippen LogP contribution >= 0.6 is 0 Å². The molecule has 0 aliphatic carbocycles. The molecule has 2 aromatic heterocycles. The summed E-state index contributed by atoms with van der Waals surface area (Å²) in [5.74, 6) is -2.28. The number of aromatic amines is 1. The summed E-state index contributed by atoms with van der Waals surface area (Å²) < 4.78 is 38.2. The normalized spacial score (nSPS) is 11.5. The van der Waals surface area contributed by atoms with Crippen LogP contribution in [0.5, 0.6) is 0 Å². The third-order valence-electron chi connectivity index (χ3n) is 3.63. The summed E-state index contributed by atoms with van der Waals surface area (Å²) >= 11 is 0. The second-order valence-corrected chi connectivity index (χ2v) is 5.43. The minimum Gasteiger partial charge on any atom is -0.478 e. The highest BCUT2D eigenvalue weighted by molar-refractivity contribution is 6.09. The Balaban J connectivity index is 2.00. The summed E-state index contributed by atoms with van der Waals surface area (Å²) in [6, 6.07) is 5.54. The predicted molar refractivity (Wildman–Crippen MR) is 85.0 cm³/mol. The minimum atomic E-state index is -4.70. The third kappa shape index (κ3) is 3.21. The van der Waals surface area contributed by atoms with Crippen LogP contribution < -0.4 is 5.32 Å². The van der Waals surface area contributed by atoms with Crippen LogP contribution in [0.3, 0.4) is 0 Å². The number of carboxylic acids is 1. The van der Waals surface area contributed by atoms with Crippen molar-refractivity contribution in [3.8, 4) is 0 Å². The Morgan fingerprint density at radius 3 is 2.62 bits per heavy atom. The molecule has 0 aliphatic rings. The number of carboxylic acid groups (broad SMARTS) is 1. The summed E-state index contributed by atoms with van der Waals surface area (Å²) in [6.07, 6.45) is -4.70. The zero-order chi connectivity index (χ0) is 19.1. The molecular formula is C16H11F3N4O3. The van der Waals surface area contributed by atoms with Gasteiger partial charge in [0.2, 0.25) is 0 Å². The van der Waals surface area contributed by atoms with Crippen molar-refractivity contribution in [2.24, 2.45) is 0 Å². The monoisotopic (exact) mass is 364 g/mol. The molecule has 0 saturated heterocycles. The van der Waals surface area contributed by atoms with E-state index in [1.54, 1.807) is 6.92 Å². The Kier molecular flexibility index (Phi) is 4.10. The van der Waals surface area contributed by atoms with Gasteiger partial charge in [0, 0.05) is 11.1 Å². The highest BCUT2D eigenvalue weighted by Gasteiger charge is 2.33. The van der Waals surface area contributed by atoms with Crippen molar-refractivity contribution in [3.05, 3.63) is 53.0 Å². The smallest absolute Gasteiger partial charge is 0.433 e. The number of amides is 1. The van der Waals surface area contributed by atoms with Crippen LogP contribution in [0.1, 0.15) is 32.2 Å². The predicted octanol–water partition coefficient (Wildman–Crippen LogP) is 3.24. The maximum absolute atomic E-state index is 12.7. The number of carbonyl (C=O) groups excluding carboxylic acids is 1. The molecule has 1 amide bonds. The highest BCUT2D eigenvalue weighted by Crippen LogP contribution is 2.28. The molecule has 0 radical (unpaired) electrons. The van der Waals surface area contributed by atoms with E-state index in [0.29, 0.717) is 16.6 Å². The van der Waals surface area contributed by atoms with Crippen LogP contribution in [0, 0.1) is 6.92 Å². The molecule has 3 rings (SSSR count). The van der Waals surface area contributed by atoms with E-state index in [1.807, 2.05) is 0 Å². The number of H-pyrrole nitrogens is 1. The van der Waals surface area contributed by atoms with E-state index in [-0.39, 0.29) is 11.3 Å². The fourth-order valence-corrected chi connectivity index (χ4v) is 2.37. The summed E-state index contributed by atoms with van der Waals surface area (Å²) in [4.78, 5) is 27.0. The average molecular weight is 364 g/mol. The van der Waals surface area contributed by atoms with Crippen molar-refractivity contribution >= 4 is 28.5 Å². The summed E-state index contributed by atoms with van der Waals surface area (Å²) in [6.45, 7) is 1.70. The number of aryl methyl sites for hydroxylation is 1. The van der Waals surface area contributed by atoms with Crippen LogP contribution in [0.15, 0.2) is 30.3 Å². The van der Waals surface area contributed by atoms with Crippen molar-refractivity contribution in [1.29, 1.82) is 0 Å². The fraction of sp³-hybridized carbons (Fsp3) is 0.125. The van der Waals surface area contributed by atoms with E-state index >= 15 is 0 Å². The zero-order valence-corrected chi connectivity index (χ0v) is 13.2. The number of alkyl halides is 3. The average Bonchev–Trinajstić information content (AvgIpc) is 2.94. The number of benzene rings is 1. The Bertz CT molecular complexity index is 1030. The molecular weight excluding hydrogens is 353 g/mol. The second-order valence-electron chi connectivity index (χ2n) is 5.43. The third-order valence-corrected chi connectivity index (χ3v) is 3.63. The first-order valence-electron chi connectivity index (χ1n) is 7.24. The van der Waals surface area contributed by atoms with Crippen LogP contribution in [-0.4, -0.2) is 32.2 Å². The maximum atomic E-state index is 12.7. The Morgan fingerprint density at radius 2 is 1.96 bits per heavy atom. The number of aromatic carboxylic acids is 1. The van der Waals surface area contributed by atoms with Crippen molar-refractivity contribution in [2.45, 2.75) is 13.1 Å². The van der Waals surface area contributed by atoms with Gasteiger partial charge in [0.25, 0.3) is 5.91 Å². The van der Waals surface area contributed by atoms with Crippen molar-refractivity contribution < 1.29 is 27.9 Å². The largest absolute Gasteiger partial charge is 0.478 e. The molecule has 3 N–H and O–H groups in total. The molecule has 134 valence electrons. The van der Waals surface area contributed by atoms with E-state index < -0.39 is 29.4 Å². The van der Waals surface area contributed by atoms with Crippen molar-refractivity contribution in [1.82, 2.24) is 15.2 Å². The molecule has 0 saturated carbocycles. The number of hydrogen-bond donors (Lipinski definition) is 3. The van der Waals surface area contributed by atoms with Crippen LogP contribution in [0.2, 0.25) is 0 Å². The number of aromatic nitrogens is 3. The number of nitrogens with zero attached hydrogens (tertiary/aromatic N) is 2. The number of fused-ring (bicyclic) bond motifs is 1.